The molecular formula is C24H23FN4O3S. The first-order valence-corrected chi connectivity index (χ1v) is 11.9. The van der Waals surface area contributed by atoms with Crippen LogP contribution in [-0.4, -0.2) is 51.3 Å². The molecule has 1 saturated heterocycles. The molecule has 2 aromatic carbocycles. The number of hydrogen-bond acceptors (Lipinski definition) is 5. The Hall–Kier alpha value is -3.33. The van der Waals surface area contributed by atoms with Gasteiger partial charge in [-0.05, 0) is 55.7 Å². The molecule has 1 fully saturated rings. The fourth-order valence-electron chi connectivity index (χ4n) is 4.33. The molecule has 7 nitrogen and oxygen atoms in total. The summed E-state index contributed by atoms with van der Waals surface area (Å²) in [6, 6.07) is 12.9. The fourth-order valence-corrected chi connectivity index (χ4v) is 5.48. The Morgan fingerprint density at radius 2 is 1.94 bits per heavy atom. The minimum Gasteiger partial charge on any atom is -0.497 e. The first kappa shape index (κ1) is 21.5. The largest absolute Gasteiger partial charge is 0.497 e. The van der Waals surface area contributed by atoms with Crippen LogP contribution >= 0.6 is 11.8 Å². The zero-order valence-electron chi connectivity index (χ0n) is 18.1. The number of amides is 2. The molecule has 5 rings (SSSR count). The SMILES string of the molecule is COc1ccc(NC(=O)C2CSCN2C(=O)c2nn(-c3ccccc3F)c3c2CCC3)cc1. The van der Waals surface area contributed by atoms with E-state index in [1.807, 2.05) is 0 Å². The van der Waals surface area contributed by atoms with Gasteiger partial charge in [0.15, 0.2) is 5.69 Å². The van der Waals surface area contributed by atoms with Crippen molar-refractivity contribution in [1.82, 2.24) is 14.7 Å². The zero-order chi connectivity index (χ0) is 22.9. The van der Waals surface area contributed by atoms with Crippen LogP contribution in [0.2, 0.25) is 0 Å². The van der Waals surface area contributed by atoms with Gasteiger partial charge in [-0.3, -0.25) is 9.59 Å². The number of nitrogens with one attached hydrogen (secondary N) is 1. The van der Waals surface area contributed by atoms with Gasteiger partial charge in [0.1, 0.15) is 23.3 Å². The topological polar surface area (TPSA) is 76.5 Å². The van der Waals surface area contributed by atoms with Crippen molar-refractivity contribution < 1.29 is 18.7 Å². The lowest BCUT2D eigenvalue weighted by atomic mass is 10.1. The van der Waals surface area contributed by atoms with Gasteiger partial charge in [-0.15, -0.1) is 11.8 Å². The number of carbonyl (C=O) groups excluding carboxylic acids is 2. The van der Waals surface area contributed by atoms with Crippen LogP contribution in [0, 0.1) is 5.82 Å². The average molecular weight is 467 g/mol. The Balaban J connectivity index is 1.40. The molecule has 1 aliphatic heterocycles. The molecule has 0 saturated carbocycles. The minimum atomic E-state index is -0.611. The van der Waals surface area contributed by atoms with Crippen molar-refractivity contribution in [2.24, 2.45) is 0 Å². The number of fused-ring (bicyclic) bond motifs is 1. The molecule has 1 N–H and O–H groups in total. The van der Waals surface area contributed by atoms with E-state index in [-0.39, 0.29) is 17.6 Å². The van der Waals surface area contributed by atoms with Crippen molar-refractivity contribution in [2.45, 2.75) is 25.3 Å². The molecular weight excluding hydrogens is 443 g/mol. The van der Waals surface area contributed by atoms with Crippen LogP contribution in [0.1, 0.15) is 28.2 Å². The predicted octanol–water partition coefficient (Wildman–Crippen LogP) is 3.66. The van der Waals surface area contributed by atoms with E-state index in [2.05, 4.69) is 10.4 Å². The lowest BCUT2D eigenvalue weighted by molar-refractivity contribution is -0.119. The van der Waals surface area contributed by atoms with Gasteiger partial charge in [0.05, 0.1) is 13.0 Å². The van der Waals surface area contributed by atoms with Crippen molar-refractivity contribution in [3.05, 3.63) is 71.3 Å². The number of rotatable bonds is 5. The number of ether oxygens (including phenoxy) is 1. The van der Waals surface area contributed by atoms with E-state index in [0.717, 1.165) is 24.1 Å². The number of anilines is 1. The van der Waals surface area contributed by atoms with Gasteiger partial charge >= 0.3 is 0 Å². The van der Waals surface area contributed by atoms with Crippen molar-refractivity contribution in [2.75, 3.05) is 24.1 Å². The smallest absolute Gasteiger partial charge is 0.276 e. The van der Waals surface area contributed by atoms with E-state index in [9.17, 15) is 14.0 Å². The number of para-hydroxylation sites is 1. The Labute approximate surface area is 194 Å². The summed E-state index contributed by atoms with van der Waals surface area (Å²) in [6.07, 6.45) is 2.34. The number of nitrogens with zero attached hydrogens (tertiary/aromatic N) is 3. The highest BCUT2D eigenvalue weighted by Crippen LogP contribution is 2.32. The van der Waals surface area contributed by atoms with Gasteiger partial charge in [-0.25, -0.2) is 9.07 Å². The molecule has 1 atom stereocenters. The van der Waals surface area contributed by atoms with Crippen LogP contribution in [0.5, 0.6) is 5.75 Å². The molecule has 1 aliphatic carbocycles. The lowest BCUT2D eigenvalue weighted by Gasteiger charge is -2.22. The molecule has 33 heavy (non-hydrogen) atoms. The molecule has 0 radical (unpaired) electrons. The predicted molar refractivity (Wildman–Crippen MR) is 124 cm³/mol. The summed E-state index contributed by atoms with van der Waals surface area (Å²) in [6.45, 7) is 0. The molecule has 1 aromatic heterocycles. The Morgan fingerprint density at radius 1 is 1.15 bits per heavy atom. The standard InChI is InChI=1S/C24H23FN4O3S/c1-32-16-11-9-15(10-12-16)26-23(30)21-13-33-14-28(21)24(31)22-17-5-4-8-19(17)29(27-22)20-7-3-2-6-18(20)25/h2-3,6-7,9-12,21H,4-5,8,13-14H2,1H3,(H,26,30). The number of aromatic nitrogens is 2. The van der Waals surface area contributed by atoms with Gasteiger partial charge in [0, 0.05) is 22.7 Å². The van der Waals surface area contributed by atoms with Crippen molar-refractivity contribution in [1.29, 1.82) is 0 Å². The maximum atomic E-state index is 14.5. The third kappa shape index (κ3) is 3.97. The quantitative estimate of drug-likeness (QED) is 0.621. The van der Waals surface area contributed by atoms with Crippen LogP contribution in [0.3, 0.4) is 0 Å². The second-order valence-corrected chi connectivity index (χ2v) is 9.00. The number of carbonyl (C=O) groups is 2. The van der Waals surface area contributed by atoms with E-state index in [1.165, 1.54) is 17.8 Å². The van der Waals surface area contributed by atoms with Crippen molar-refractivity contribution in [3.8, 4) is 11.4 Å². The highest BCUT2D eigenvalue weighted by atomic mass is 32.2. The number of hydrogen-bond donors (Lipinski definition) is 1. The molecule has 3 aromatic rings. The van der Waals surface area contributed by atoms with E-state index >= 15 is 0 Å². The van der Waals surface area contributed by atoms with Gasteiger partial charge in [-0.1, -0.05) is 12.1 Å². The van der Waals surface area contributed by atoms with E-state index < -0.39 is 6.04 Å². The number of benzene rings is 2. The number of thioether (sulfide) groups is 1. The molecule has 170 valence electrons. The number of methoxy groups -OCH3 is 1. The summed E-state index contributed by atoms with van der Waals surface area (Å²) in [5.74, 6) is 0.680. The maximum Gasteiger partial charge on any atom is 0.276 e. The summed E-state index contributed by atoms with van der Waals surface area (Å²) in [5, 5.41) is 7.42. The van der Waals surface area contributed by atoms with Gasteiger partial charge < -0.3 is 15.0 Å². The molecule has 0 spiro atoms. The first-order chi connectivity index (χ1) is 16.1. The maximum absolute atomic E-state index is 14.5. The van der Waals surface area contributed by atoms with Crippen LogP contribution in [0.15, 0.2) is 48.5 Å². The van der Waals surface area contributed by atoms with Crippen LogP contribution < -0.4 is 10.1 Å². The molecule has 2 heterocycles. The Kier molecular flexibility index (Phi) is 5.80. The third-order valence-electron chi connectivity index (χ3n) is 6.02. The molecule has 2 aliphatic rings. The summed E-state index contributed by atoms with van der Waals surface area (Å²) in [4.78, 5) is 28.1. The fraction of sp³-hybridized carbons (Fsp3) is 0.292. The van der Waals surface area contributed by atoms with Crippen LogP contribution in [0.4, 0.5) is 10.1 Å². The monoisotopic (exact) mass is 466 g/mol. The summed E-state index contributed by atoms with van der Waals surface area (Å²) in [5.41, 5.74) is 3.01. The first-order valence-electron chi connectivity index (χ1n) is 10.8. The molecule has 2 amide bonds. The average Bonchev–Trinajstić information content (AvgIpc) is 3.56. The van der Waals surface area contributed by atoms with Crippen molar-refractivity contribution >= 4 is 29.3 Å². The molecule has 1 unspecified atom stereocenters. The van der Waals surface area contributed by atoms with Crippen LogP contribution in [0.25, 0.3) is 5.69 Å². The normalized spacial score (nSPS) is 17.2. The second-order valence-electron chi connectivity index (χ2n) is 8.00. The van der Waals surface area contributed by atoms with E-state index in [0.29, 0.717) is 40.9 Å². The highest BCUT2D eigenvalue weighted by Gasteiger charge is 2.38. The number of halogens is 1. The summed E-state index contributed by atoms with van der Waals surface area (Å²) in [7, 11) is 1.58. The Bertz CT molecular complexity index is 1210. The highest BCUT2D eigenvalue weighted by molar-refractivity contribution is 7.99. The Morgan fingerprint density at radius 3 is 2.70 bits per heavy atom. The minimum absolute atomic E-state index is 0.247. The lowest BCUT2D eigenvalue weighted by Crippen LogP contribution is -2.44. The summed E-state index contributed by atoms with van der Waals surface area (Å²) < 4.78 is 21.2. The van der Waals surface area contributed by atoms with Gasteiger partial charge in [0.25, 0.3) is 5.91 Å². The van der Waals surface area contributed by atoms with Crippen LogP contribution in [-0.2, 0) is 17.6 Å². The summed E-state index contributed by atoms with van der Waals surface area (Å²) >= 11 is 1.53. The van der Waals surface area contributed by atoms with E-state index in [4.69, 9.17) is 4.74 Å². The third-order valence-corrected chi connectivity index (χ3v) is 7.03. The second kappa shape index (κ2) is 8.90. The van der Waals surface area contributed by atoms with Crippen molar-refractivity contribution in [3.63, 3.8) is 0 Å². The molecule has 9 heteroatoms. The van der Waals surface area contributed by atoms with Gasteiger partial charge in [0.2, 0.25) is 5.91 Å². The zero-order valence-corrected chi connectivity index (χ0v) is 18.9. The van der Waals surface area contributed by atoms with Gasteiger partial charge in [-0.2, -0.15) is 5.10 Å². The molecule has 0 bridgehead atoms. The van der Waals surface area contributed by atoms with E-state index in [1.54, 1.807) is 59.2 Å².